The van der Waals surface area contributed by atoms with Crippen molar-refractivity contribution >= 4 is 6.08 Å². The highest BCUT2D eigenvalue weighted by Crippen LogP contribution is 2.17. The number of aryl methyl sites for hydroxylation is 1. The van der Waals surface area contributed by atoms with E-state index in [1.807, 2.05) is 12.2 Å². The van der Waals surface area contributed by atoms with Crippen molar-refractivity contribution in [2.75, 3.05) is 0 Å². The SMILES string of the molecule is C=C(N)/C=C\c1cccc(CCC)c1C. The summed E-state index contributed by atoms with van der Waals surface area (Å²) in [5.74, 6) is 0. The van der Waals surface area contributed by atoms with Crippen LogP contribution < -0.4 is 5.73 Å². The van der Waals surface area contributed by atoms with Crippen molar-refractivity contribution in [3.8, 4) is 0 Å². The Balaban J connectivity index is 2.98. The van der Waals surface area contributed by atoms with Gasteiger partial charge in [0, 0.05) is 5.70 Å². The molecule has 1 aromatic rings. The van der Waals surface area contributed by atoms with E-state index in [1.54, 1.807) is 0 Å². The van der Waals surface area contributed by atoms with Crippen LogP contribution in [0.5, 0.6) is 0 Å². The van der Waals surface area contributed by atoms with E-state index in [0.717, 1.165) is 6.42 Å². The molecule has 0 aromatic heterocycles. The minimum atomic E-state index is 0.593. The number of nitrogens with two attached hydrogens (primary N) is 1. The largest absolute Gasteiger partial charge is 0.399 e. The van der Waals surface area contributed by atoms with Gasteiger partial charge in [0.15, 0.2) is 0 Å². The Morgan fingerprint density at radius 2 is 2.20 bits per heavy atom. The van der Waals surface area contributed by atoms with Crippen LogP contribution in [0.15, 0.2) is 36.6 Å². The molecule has 0 saturated carbocycles. The molecule has 1 heteroatoms. The number of benzene rings is 1. The Labute approximate surface area is 92.3 Å². The van der Waals surface area contributed by atoms with Crippen LogP contribution in [0.3, 0.4) is 0 Å². The van der Waals surface area contributed by atoms with Gasteiger partial charge in [-0.1, -0.05) is 44.2 Å². The van der Waals surface area contributed by atoms with Crippen LogP contribution in [-0.2, 0) is 6.42 Å². The molecule has 0 radical (unpaired) electrons. The maximum Gasteiger partial charge on any atom is 0.0241 e. The van der Waals surface area contributed by atoms with Crippen LogP contribution in [0.4, 0.5) is 0 Å². The van der Waals surface area contributed by atoms with Gasteiger partial charge in [-0.05, 0) is 36.1 Å². The molecule has 0 amide bonds. The van der Waals surface area contributed by atoms with Gasteiger partial charge in [-0.2, -0.15) is 0 Å². The van der Waals surface area contributed by atoms with Gasteiger partial charge in [-0.3, -0.25) is 0 Å². The lowest BCUT2D eigenvalue weighted by Gasteiger charge is -2.07. The Bertz CT molecular complexity index is 375. The zero-order valence-corrected chi connectivity index (χ0v) is 9.59. The summed E-state index contributed by atoms with van der Waals surface area (Å²) in [5.41, 5.74) is 10.1. The van der Waals surface area contributed by atoms with E-state index in [4.69, 9.17) is 5.73 Å². The monoisotopic (exact) mass is 201 g/mol. The molecular formula is C14H19N. The van der Waals surface area contributed by atoms with Gasteiger partial charge in [0.2, 0.25) is 0 Å². The van der Waals surface area contributed by atoms with Crippen molar-refractivity contribution in [1.29, 1.82) is 0 Å². The second kappa shape index (κ2) is 5.40. The van der Waals surface area contributed by atoms with Gasteiger partial charge in [-0.15, -0.1) is 0 Å². The van der Waals surface area contributed by atoms with Crippen LogP contribution in [0.25, 0.3) is 6.08 Å². The highest BCUT2D eigenvalue weighted by atomic mass is 14.5. The van der Waals surface area contributed by atoms with Crippen molar-refractivity contribution in [3.63, 3.8) is 0 Å². The van der Waals surface area contributed by atoms with Gasteiger partial charge in [0.1, 0.15) is 0 Å². The zero-order chi connectivity index (χ0) is 11.3. The molecule has 15 heavy (non-hydrogen) atoms. The smallest absolute Gasteiger partial charge is 0.0241 e. The Kier molecular flexibility index (Phi) is 4.17. The van der Waals surface area contributed by atoms with E-state index < -0.39 is 0 Å². The summed E-state index contributed by atoms with van der Waals surface area (Å²) in [5, 5.41) is 0. The van der Waals surface area contributed by atoms with Crippen molar-refractivity contribution in [1.82, 2.24) is 0 Å². The van der Waals surface area contributed by atoms with Crippen LogP contribution >= 0.6 is 0 Å². The van der Waals surface area contributed by atoms with Gasteiger partial charge in [0.25, 0.3) is 0 Å². The maximum absolute atomic E-state index is 5.51. The first-order chi connectivity index (χ1) is 7.15. The van der Waals surface area contributed by atoms with Crippen molar-refractivity contribution < 1.29 is 0 Å². The highest BCUT2D eigenvalue weighted by molar-refractivity contribution is 5.57. The summed E-state index contributed by atoms with van der Waals surface area (Å²) in [4.78, 5) is 0. The molecule has 80 valence electrons. The van der Waals surface area contributed by atoms with Crippen LogP contribution in [-0.4, -0.2) is 0 Å². The average Bonchev–Trinajstić information content (AvgIpc) is 2.19. The fourth-order valence-corrected chi connectivity index (χ4v) is 1.62. The lowest BCUT2D eigenvalue weighted by Crippen LogP contribution is -1.92. The summed E-state index contributed by atoms with van der Waals surface area (Å²) in [7, 11) is 0. The molecule has 0 heterocycles. The highest BCUT2D eigenvalue weighted by Gasteiger charge is 1.99. The second-order valence-corrected chi connectivity index (χ2v) is 3.79. The maximum atomic E-state index is 5.51. The Hall–Kier alpha value is -1.50. The molecule has 0 atom stereocenters. The third-order valence-electron chi connectivity index (χ3n) is 2.48. The van der Waals surface area contributed by atoms with Gasteiger partial charge >= 0.3 is 0 Å². The van der Waals surface area contributed by atoms with E-state index in [9.17, 15) is 0 Å². The lowest BCUT2D eigenvalue weighted by atomic mass is 9.99. The third kappa shape index (κ3) is 3.28. The summed E-state index contributed by atoms with van der Waals surface area (Å²) in [6.45, 7) is 8.00. The molecule has 0 aliphatic carbocycles. The molecule has 0 aliphatic rings. The van der Waals surface area contributed by atoms with Crippen LogP contribution in [0.1, 0.15) is 30.0 Å². The number of hydrogen-bond acceptors (Lipinski definition) is 1. The average molecular weight is 201 g/mol. The first-order valence-electron chi connectivity index (χ1n) is 5.36. The minimum absolute atomic E-state index is 0.593. The lowest BCUT2D eigenvalue weighted by molar-refractivity contribution is 0.912. The normalized spacial score (nSPS) is 10.8. The van der Waals surface area contributed by atoms with Crippen molar-refractivity contribution in [2.45, 2.75) is 26.7 Å². The predicted molar refractivity (Wildman–Crippen MR) is 67.5 cm³/mol. The Morgan fingerprint density at radius 3 is 2.80 bits per heavy atom. The fourth-order valence-electron chi connectivity index (χ4n) is 1.62. The summed E-state index contributed by atoms with van der Waals surface area (Å²) >= 11 is 0. The molecule has 0 bridgehead atoms. The predicted octanol–water partition coefficient (Wildman–Crippen LogP) is 3.43. The molecule has 1 nitrogen and oxygen atoms in total. The van der Waals surface area contributed by atoms with E-state index in [1.165, 1.54) is 23.1 Å². The van der Waals surface area contributed by atoms with E-state index in [2.05, 4.69) is 38.6 Å². The molecule has 0 saturated heterocycles. The fraction of sp³-hybridized carbons (Fsp3) is 0.286. The molecule has 0 unspecified atom stereocenters. The van der Waals surface area contributed by atoms with E-state index >= 15 is 0 Å². The van der Waals surface area contributed by atoms with Crippen molar-refractivity contribution in [3.05, 3.63) is 53.2 Å². The molecule has 1 aromatic carbocycles. The van der Waals surface area contributed by atoms with Gasteiger partial charge in [-0.25, -0.2) is 0 Å². The minimum Gasteiger partial charge on any atom is -0.399 e. The van der Waals surface area contributed by atoms with Gasteiger partial charge in [0.05, 0.1) is 0 Å². The van der Waals surface area contributed by atoms with E-state index in [-0.39, 0.29) is 0 Å². The number of rotatable bonds is 4. The molecule has 0 spiro atoms. The Morgan fingerprint density at radius 1 is 1.47 bits per heavy atom. The van der Waals surface area contributed by atoms with Crippen LogP contribution in [0.2, 0.25) is 0 Å². The molecule has 0 aliphatic heterocycles. The van der Waals surface area contributed by atoms with Gasteiger partial charge < -0.3 is 5.73 Å². The quantitative estimate of drug-likeness (QED) is 0.742. The standard InChI is InChI=1S/C14H19N/c1-4-6-13-7-5-8-14(12(13)3)10-9-11(2)15/h5,7-10H,2,4,6,15H2,1,3H3/b10-9-. The first kappa shape index (κ1) is 11.6. The summed E-state index contributed by atoms with van der Waals surface area (Å²) in [6, 6.07) is 6.39. The number of allylic oxidation sites excluding steroid dienone is 1. The third-order valence-corrected chi connectivity index (χ3v) is 2.48. The van der Waals surface area contributed by atoms with E-state index in [0.29, 0.717) is 5.70 Å². The molecule has 1 rings (SSSR count). The zero-order valence-electron chi connectivity index (χ0n) is 9.59. The molecule has 2 N–H and O–H groups in total. The molecule has 0 fully saturated rings. The summed E-state index contributed by atoms with van der Waals surface area (Å²) in [6.07, 6.45) is 6.18. The van der Waals surface area contributed by atoms with Crippen LogP contribution in [0, 0.1) is 6.92 Å². The number of hydrogen-bond donors (Lipinski definition) is 1. The topological polar surface area (TPSA) is 26.0 Å². The first-order valence-corrected chi connectivity index (χ1v) is 5.36. The molecular weight excluding hydrogens is 182 g/mol. The second-order valence-electron chi connectivity index (χ2n) is 3.79. The van der Waals surface area contributed by atoms with Crippen molar-refractivity contribution in [2.24, 2.45) is 5.73 Å². The summed E-state index contributed by atoms with van der Waals surface area (Å²) < 4.78 is 0.